The van der Waals surface area contributed by atoms with Gasteiger partial charge in [-0.15, -0.1) is 0 Å². The highest BCUT2D eigenvalue weighted by Crippen LogP contribution is 2.47. The molecule has 34 heavy (non-hydrogen) atoms. The predicted octanol–water partition coefficient (Wildman–Crippen LogP) is 6.22. The van der Waals surface area contributed by atoms with Crippen LogP contribution in [-0.4, -0.2) is 15.8 Å². The molecule has 7 heteroatoms. The summed E-state index contributed by atoms with van der Waals surface area (Å²) in [7, 11) is 0. The number of nitrogens with one attached hydrogen (secondary N) is 2. The molecule has 2 aromatic carbocycles. The van der Waals surface area contributed by atoms with Crippen molar-refractivity contribution in [2.24, 2.45) is 5.41 Å². The molecule has 3 aromatic rings. The van der Waals surface area contributed by atoms with Gasteiger partial charge in [-0.2, -0.15) is 0 Å². The molecule has 0 amide bonds. The maximum atomic E-state index is 13.4. The lowest BCUT2D eigenvalue weighted by Crippen LogP contribution is -2.37. The van der Waals surface area contributed by atoms with E-state index < -0.39 is 5.92 Å². The highest BCUT2D eigenvalue weighted by Gasteiger charge is 2.42. The van der Waals surface area contributed by atoms with E-state index in [2.05, 4.69) is 24.1 Å². The van der Waals surface area contributed by atoms with Gasteiger partial charge in [0, 0.05) is 34.4 Å². The summed E-state index contributed by atoms with van der Waals surface area (Å²) in [5, 5.41) is 4.58. The van der Waals surface area contributed by atoms with Crippen LogP contribution < -0.4 is 10.9 Å². The Hall–Kier alpha value is -2.83. The number of Topliss-reactive ketones (excluding diaryl/α,β-unsaturated/α-hetero) is 1. The molecule has 0 saturated carbocycles. The van der Waals surface area contributed by atoms with Gasteiger partial charge in [-0.3, -0.25) is 9.59 Å². The second-order valence-corrected chi connectivity index (χ2v) is 11.2. The van der Waals surface area contributed by atoms with E-state index in [4.69, 9.17) is 16.6 Å². The lowest BCUT2D eigenvalue weighted by molar-refractivity contribution is -0.118. The Labute approximate surface area is 208 Å². The third-order valence-corrected chi connectivity index (χ3v) is 7.72. The van der Waals surface area contributed by atoms with Crippen LogP contribution in [0.15, 0.2) is 69.8 Å². The fraction of sp³-hybridized carbons (Fsp3) is 0.296. The average molecular weight is 492 g/mol. The summed E-state index contributed by atoms with van der Waals surface area (Å²) in [5.41, 5.74) is 4.72. The van der Waals surface area contributed by atoms with Crippen molar-refractivity contribution < 1.29 is 4.79 Å². The van der Waals surface area contributed by atoms with Gasteiger partial charge >= 0.3 is 0 Å². The molecule has 2 aliphatic rings. The van der Waals surface area contributed by atoms with E-state index in [0.717, 1.165) is 28.8 Å². The van der Waals surface area contributed by atoms with E-state index in [9.17, 15) is 9.59 Å². The molecule has 0 spiro atoms. The van der Waals surface area contributed by atoms with Crippen molar-refractivity contribution in [3.63, 3.8) is 0 Å². The lowest BCUT2D eigenvalue weighted by Gasteiger charge is -2.38. The Morgan fingerprint density at radius 3 is 2.56 bits per heavy atom. The molecule has 1 aromatic heterocycles. The third-order valence-electron chi connectivity index (χ3n) is 6.43. The zero-order valence-electron chi connectivity index (χ0n) is 19.4. The second kappa shape index (κ2) is 8.75. The number of anilines is 1. The Balaban J connectivity index is 1.59. The highest BCUT2D eigenvalue weighted by molar-refractivity contribution is 7.98. The Morgan fingerprint density at radius 2 is 1.82 bits per heavy atom. The largest absolute Gasteiger partial charge is 0.343 e. The number of thioether (sulfide) groups is 1. The van der Waals surface area contributed by atoms with E-state index >= 15 is 0 Å². The van der Waals surface area contributed by atoms with Crippen LogP contribution in [0.4, 0.5) is 5.82 Å². The smallest absolute Gasteiger partial charge is 0.257 e. The third kappa shape index (κ3) is 4.32. The van der Waals surface area contributed by atoms with Gasteiger partial charge in [0.1, 0.15) is 5.82 Å². The van der Waals surface area contributed by atoms with Crippen molar-refractivity contribution in [2.45, 2.75) is 50.4 Å². The van der Waals surface area contributed by atoms with Crippen LogP contribution in [0.2, 0.25) is 5.02 Å². The Morgan fingerprint density at radius 1 is 1.09 bits per heavy atom. The maximum Gasteiger partial charge on any atom is 0.257 e. The molecular formula is C27H26ClN3O2S. The number of aromatic nitrogens is 2. The Kier molecular flexibility index (Phi) is 5.90. The molecule has 2 heterocycles. The summed E-state index contributed by atoms with van der Waals surface area (Å²) < 4.78 is 0. The quantitative estimate of drug-likeness (QED) is 0.334. The van der Waals surface area contributed by atoms with E-state index in [1.165, 1.54) is 11.8 Å². The molecule has 1 atom stereocenters. The number of nitrogens with zero attached hydrogens (tertiary/aromatic N) is 1. The summed E-state index contributed by atoms with van der Waals surface area (Å²) in [6, 6.07) is 15.7. The zero-order chi connectivity index (χ0) is 24.0. The summed E-state index contributed by atoms with van der Waals surface area (Å²) in [4.78, 5) is 34.5. The van der Waals surface area contributed by atoms with Crippen molar-refractivity contribution in [1.82, 2.24) is 9.97 Å². The van der Waals surface area contributed by atoms with E-state index in [0.29, 0.717) is 39.3 Å². The SMILES string of the molecule is Cc1ccc([C@@H]2C3=C(CC(C)(C)CC3=O)Nc3nc(SCc4ccccc4Cl)[nH]c(=O)c32)cc1. The number of benzene rings is 2. The number of rotatable bonds is 4. The number of allylic oxidation sites excluding steroid dienone is 2. The number of carbonyl (C=O) groups is 1. The molecular weight excluding hydrogens is 466 g/mol. The van der Waals surface area contributed by atoms with Gasteiger partial charge in [-0.05, 0) is 36.0 Å². The summed E-state index contributed by atoms with van der Waals surface area (Å²) in [6.07, 6.45) is 1.19. The summed E-state index contributed by atoms with van der Waals surface area (Å²) >= 11 is 7.73. The van der Waals surface area contributed by atoms with Crippen LogP contribution in [0, 0.1) is 12.3 Å². The van der Waals surface area contributed by atoms with E-state index in [1.54, 1.807) is 0 Å². The average Bonchev–Trinajstić information content (AvgIpc) is 2.77. The van der Waals surface area contributed by atoms with Crippen molar-refractivity contribution in [2.75, 3.05) is 5.32 Å². The summed E-state index contributed by atoms with van der Waals surface area (Å²) in [6.45, 7) is 6.22. The second-order valence-electron chi connectivity index (χ2n) is 9.82. The summed E-state index contributed by atoms with van der Waals surface area (Å²) in [5.74, 6) is 0.767. The molecule has 1 aliphatic heterocycles. The minimum atomic E-state index is -0.436. The van der Waals surface area contributed by atoms with Crippen molar-refractivity contribution >= 4 is 35.0 Å². The minimum Gasteiger partial charge on any atom is -0.343 e. The molecule has 5 rings (SSSR count). The maximum absolute atomic E-state index is 13.4. The molecule has 174 valence electrons. The number of aromatic amines is 1. The van der Waals surface area contributed by atoms with E-state index in [-0.39, 0.29) is 16.8 Å². The van der Waals surface area contributed by atoms with Crippen molar-refractivity contribution in [3.8, 4) is 0 Å². The number of aryl methyl sites for hydroxylation is 1. The number of halogens is 1. The van der Waals surface area contributed by atoms with Gasteiger partial charge in [0.15, 0.2) is 10.9 Å². The number of H-pyrrole nitrogens is 1. The fourth-order valence-electron chi connectivity index (χ4n) is 4.82. The molecule has 0 unspecified atom stereocenters. The zero-order valence-corrected chi connectivity index (χ0v) is 20.9. The van der Waals surface area contributed by atoms with Gasteiger partial charge < -0.3 is 10.3 Å². The monoisotopic (exact) mass is 491 g/mol. The minimum absolute atomic E-state index is 0.0894. The van der Waals surface area contributed by atoms with Crippen molar-refractivity contribution in [3.05, 3.63) is 97.4 Å². The van der Waals surface area contributed by atoms with Crippen LogP contribution in [0.25, 0.3) is 0 Å². The van der Waals surface area contributed by atoms with Gasteiger partial charge in [-0.1, -0.05) is 85.2 Å². The van der Waals surface area contributed by atoms with Crippen molar-refractivity contribution in [1.29, 1.82) is 0 Å². The van der Waals surface area contributed by atoms with Crippen LogP contribution in [0.1, 0.15) is 54.9 Å². The lowest BCUT2D eigenvalue weighted by atomic mass is 9.69. The molecule has 0 saturated heterocycles. The molecule has 0 radical (unpaired) electrons. The van der Waals surface area contributed by atoms with Crippen LogP contribution in [0.3, 0.4) is 0 Å². The number of ketones is 1. The molecule has 2 N–H and O–H groups in total. The Bertz CT molecular complexity index is 1380. The number of carbonyl (C=O) groups excluding carboxylic acids is 1. The molecule has 0 bridgehead atoms. The van der Waals surface area contributed by atoms with Gasteiger partial charge in [-0.25, -0.2) is 4.98 Å². The van der Waals surface area contributed by atoms with E-state index in [1.807, 2.05) is 55.5 Å². The van der Waals surface area contributed by atoms with Crippen LogP contribution in [-0.2, 0) is 10.5 Å². The molecule has 1 aliphatic carbocycles. The topological polar surface area (TPSA) is 74.8 Å². The number of fused-ring (bicyclic) bond motifs is 1. The first-order valence-electron chi connectivity index (χ1n) is 11.3. The van der Waals surface area contributed by atoms with Gasteiger partial charge in [0.05, 0.1) is 5.56 Å². The standard InChI is InChI=1S/C27H26ClN3O2S/c1-15-8-10-16(11-9-15)21-22-19(12-27(2,3)13-20(22)32)29-24-23(21)25(33)31-26(30-24)34-14-17-6-4-5-7-18(17)28/h4-11,21H,12-14H2,1-3H3,(H2,29,30,31,33)/t21-/m1/s1. The molecule has 5 nitrogen and oxygen atoms in total. The van der Waals surface area contributed by atoms with Crippen LogP contribution >= 0.6 is 23.4 Å². The molecule has 0 fully saturated rings. The first kappa shape index (κ1) is 22.9. The number of hydrogen-bond acceptors (Lipinski definition) is 5. The predicted molar refractivity (Wildman–Crippen MR) is 138 cm³/mol. The fourth-order valence-corrected chi connectivity index (χ4v) is 5.96. The van der Waals surface area contributed by atoms with Gasteiger partial charge in [0.25, 0.3) is 5.56 Å². The normalized spacial score (nSPS) is 18.8. The van der Waals surface area contributed by atoms with Gasteiger partial charge in [0.2, 0.25) is 0 Å². The first-order chi connectivity index (χ1) is 16.2. The first-order valence-corrected chi connectivity index (χ1v) is 12.7. The van der Waals surface area contributed by atoms with Crippen LogP contribution in [0.5, 0.6) is 0 Å². The number of hydrogen-bond donors (Lipinski definition) is 2. The highest BCUT2D eigenvalue weighted by atomic mass is 35.5.